The molecule has 0 saturated carbocycles. The van der Waals surface area contributed by atoms with Gasteiger partial charge in [0, 0.05) is 23.6 Å². The Kier molecular flexibility index (Phi) is 4.86. The topological polar surface area (TPSA) is 15.3 Å². The predicted molar refractivity (Wildman–Crippen MR) is 76.5 cm³/mol. The van der Waals surface area contributed by atoms with Crippen LogP contribution in [-0.2, 0) is 6.54 Å². The fraction of sp³-hybridized carbons (Fsp3) is 0.538. The highest BCUT2D eigenvalue weighted by Crippen LogP contribution is 2.24. The van der Waals surface area contributed by atoms with Crippen molar-refractivity contribution in [3.8, 4) is 0 Å². The summed E-state index contributed by atoms with van der Waals surface area (Å²) in [5.41, 5.74) is 1.28. The van der Waals surface area contributed by atoms with Crippen LogP contribution in [0.15, 0.2) is 22.7 Å². The van der Waals surface area contributed by atoms with E-state index in [-0.39, 0.29) is 0 Å². The Morgan fingerprint density at radius 2 is 2.35 bits per heavy atom. The van der Waals surface area contributed by atoms with Gasteiger partial charge in [0.1, 0.15) is 0 Å². The molecule has 94 valence electrons. The van der Waals surface area contributed by atoms with E-state index in [2.05, 4.69) is 45.2 Å². The second kappa shape index (κ2) is 6.19. The van der Waals surface area contributed by atoms with Crippen LogP contribution >= 0.6 is 27.5 Å². The zero-order chi connectivity index (χ0) is 12.3. The number of nitrogens with zero attached hydrogens (tertiary/aromatic N) is 1. The van der Waals surface area contributed by atoms with Gasteiger partial charge in [-0.1, -0.05) is 24.6 Å². The van der Waals surface area contributed by atoms with Crippen molar-refractivity contribution in [2.75, 3.05) is 19.6 Å². The van der Waals surface area contributed by atoms with Crippen molar-refractivity contribution in [1.29, 1.82) is 0 Å². The van der Waals surface area contributed by atoms with Gasteiger partial charge < -0.3 is 5.32 Å². The molecule has 0 spiro atoms. The van der Waals surface area contributed by atoms with Crippen LogP contribution < -0.4 is 5.32 Å². The number of halogens is 2. The van der Waals surface area contributed by atoms with Gasteiger partial charge in [-0.15, -0.1) is 0 Å². The lowest BCUT2D eigenvalue weighted by Gasteiger charge is -2.27. The molecule has 17 heavy (non-hydrogen) atoms. The molecule has 1 fully saturated rings. The van der Waals surface area contributed by atoms with Gasteiger partial charge >= 0.3 is 0 Å². The molecular formula is C13H18BrClN2. The average Bonchev–Trinajstić information content (AvgIpc) is 2.84. The minimum atomic E-state index is 0.669. The summed E-state index contributed by atoms with van der Waals surface area (Å²) in [5, 5.41) is 4.21. The number of nitrogens with one attached hydrogen (secondary N) is 1. The molecule has 1 aromatic rings. The first-order valence-corrected chi connectivity index (χ1v) is 7.26. The van der Waals surface area contributed by atoms with E-state index < -0.39 is 0 Å². The van der Waals surface area contributed by atoms with Gasteiger partial charge in [0.15, 0.2) is 0 Å². The summed E-state index contributed by atoms with van der Waals surface area (Å²) < 4.78 is 0.966. The van der Waals surface area contributed by atoms with Crippen LogP contribution in [-0.4, -0.2) is 30.6 Å². The maximum Gasteiger partial charge on any atom is 0.0551 e. The van der Waals surface area contributed by atoms with Crippen molar-refractivity contribution in [2.24, 2.45) is 0 Å². The van der Waals surface area contributed by atoms with E-state index in [1.165, 1.54) is 12.0 Å². The highest BCUT2D eigenvalue weighted by molar-refractivity contribution is 9.10. The molecule has 0 bridgehead atoms. The number of hydrogen-bond donors (Lipinski definition) is 1. The van der Waals surface area contributed by atoms with E-state index >= 15 is 0 Å². The molecule has 1 N–H and O–H groups in total. The smallest absolute Gasteiger partial charge is 0.0551 e. The second-order valence-electron chi connectivity index (χ2n) is 4.46. The Labute approximate surface area is 116 Å². The van der Waals surface area contributed by atoms with E-state index in [4.69, 9.17) is 11.6 Å². The molecule has 1 saturated heterocycles. The number of benzene rings is 1. The molecule has 0 aliphatic carbocycles. The van der Waals surface area contributed by atoms with Gasteiger partial charge in [-0.3, -0.25) is 4.90 Å². The first kappa shape index (κ1) is 13.3. The predicted octanol–water partition coefficient (Wildman–Crippen LogP) is 3.29. The Balaban J connectivity index is 2.04. The summed E-state index contributed by atoms with van der Waals surface area (Å²) in [6, 6.07) is 6.89. The number of likely N-dealkylation sites (N-methyl/N-ethyl adjacent to an activating group) is 1. The van der Waals surface area contributed by atoms with Gasteiger partial charge in [-0.05, 0) is 53.1 Å². The molecule has 1 aromatic carbocycles. The molecule has 4 heteroatoms. The molecule has 2 rings (SSSR count). The molecule has 0 amide bonds. The average molecular weight is 318 g/mol. The normalized spacial score (nSPS) is 20.1. The summed E-state index contributed by atoms with van der Waals surface area (Å²) in [7, 11) is 0. The molecular weight excluding hydrogens is 300 g/mol. The highest BCUT2D eigenvalue weighted by Gasteiger charge is 2.20. The largest absolute Gasteiger partial charge is 0.315 e. The van der Waals surface area contributed by atoms with E-state index in [9.17, 15) is 0 Å². The van der Waals surface area contributed by atoms with Crippen LogP contribution in [0.5, 0.6) is 0 Å². The fourth-order valence-corrected chi connectivity index (χ4v) is 2.77. The second-order valence-corrected chi connectivity index (χ2v) is 5.72. The summed E-state index contributed by atoms with van der Waals surface area (Å²) in [5.74, 6) is 0. The zero-order valence-electron chi connectivity index (χ0n) is 10.0. The first-order chi connectivity index (χ1) is 8.20. The molecule has 0 aromatic heterocycles. The third-order valence-corrected chi connectivity index (χ3v) is 4.56. The lowest BCUT2D eigenvalue weighted by Crippen LogP contribution is -2.36. The Morgan fingerprint density at radius 3 is 2.94 bits per heavy atom. The molecule has 1 aliphatic rings. The summed E-state index contributed by atoms with van der Waals surface area (Å²) >= 11 is 9.55. The van der Waals surface area contributed by atoms with Crippen molar-refractivity contribution in [3.63, 3.8) is 0 Å². The van der Waals surface area contributed by atoms with Crippen molar-refractivity contribution < 1.29 is 0 Å². The van der Waals surface area contributed by atoms with Crippen LogP contribution in [0.1, 0.15) is 18.9 Å². The quantitative estimate of drug-likeness (QED) is 0.917. The Morgan fingerprint density at radius 1 is 1.53 bits per heavy atom. The molecule has 1 aliphatic heterocycles. The molecule has 2 nitrogen and oxygen atoms in total. The van der Waals surface area contributed by atoms with Gasteiger partial charge in [0.25, 0.3) is 0 Å². The Hall–Kier alpha value is -0.0900. The highest BCUT2D eigenvalue weighted by atomic mass is 79.9. The van der Waals surface area contributed by atoms with E-state index in [1.54, 1.807) is 0 Å². The van der Waals surface area contributed by atoms with E-state index in [0.717, 1.165) is 35.7 Å². The zero-order valence-corrected chi connectivity index (χ0v) is 12.4. The van der Waals surface area contributed by atoms with Gasteiger partial charge in [-0.25, -0.2) is 0 Å². The number of hydrogen-bond acceptors (Lipinski definition) is 2. The van der Waals surface area contributed by atoms with Gasteiger partial charge in [0.2, 0.25) is 0 Å². The van der Waals surface area contributed by atoms with Gasteiger partial charge in [0.05, 0.1) is 5.02 Å². The summed E-state index contributed by atoms with van der Waals surface area (Å²) in [6.07, 6.45) is 1.25. The standard InChI is InChI=1S/C13H18BrClN2/c1-2-17(11-5-6-16-8-11)9-10-3-4-12(14)13(15)7-10/h3-4,7,11,16H,2,5-6,8-9H2,1H3. The SMILES string of the molecule is CCN(Cc1ccc(Br)c(Cl)c1)C1CCNC1. The summed E-state index contributed by atoms with van der Waals surface area (Å²) in [4.78, 5) is 2.51. The lowest BCUT2D eigenvalue weighted by molar-refractivity contribution is 0.210. The third-order valence-electron chi connectivity index (χ3n) is 3.33. The summed E-state index contributed by atoms with van der Waals surface area (Å²) in [6.45, 7) is 6.54. The minimum Gasteiger partial charge on any atom is -0.315 e. The molecule has 1 heterocycles. The van der Waals surface area contributed by atoms with E-state index in [1.807, 2.05) is 6.07 Å². The number of rotatable bonds is 4. The maximum atomic E-state index is 6.12. The van der Waals surface area contributed by atoms with Crippen molar-refractivity contribution in [1.82, 2.24) is 10.2 Å². The van der Waals surface area contributed by atoms with E-state index in [0.29, 0.717) is 6.04 Å². The molecule has 0 radical (unpaired) electrons. The molecule has 1 atom stereocenters. The van der Waals surface area contributed by atoms with Crippen molar-refractivity contribution >= 4 is 27.5 Å². The van der Waals surface area contributed by atoms with Crippen LogP contribution in [0.25, 0.3) is 0 Å². The lowest BCUT2D eigenvalue weighted by atomic mass is 10.1. The Bertz CT molecular complexity index is 378. The van der Waals surface area contributed by atoms with Crippen LogP contribution in [0.4, 0.5) is 0 Å². The van der Waals surface area contributed by atoms with Crippen LogP contribution in [0.3, 0.4) is 0 Å². The monoisotopic (exact) mass is 316 g/mol. The molecule has 1 unspecified atom stereocenters. The van der Waals surface area contributed by atoms with Crippen molar-refractivity contribution in [2.45, 2.75) is 25.9 Å². The van der Waals surface area contributed by atoms with Gasteiger partial charge in [-0.2, -0.15) is 0 Å². The van der Waals surface area contributed by atoms with Crippen LogP contribution in [0.2, 0.25) is 5.02 Å². The fourth-order valence-electron chi connectivity index (χ4n) is 2.32. The third kappa shape index (κ3) is 3.44. The van der Waals surface area contributed by atoms with Crippen LogP contribution in [0, 0.1) is 0 Å². The van der Waals surface area contributed by atoms with Crippen molar-refractivity contribution in [3.05, 3.63) is 33.3 Å². The minimum absolute atomic E-state index is 0.669. The first-order valence-electron chi connectivity index (χ1n) is 6.09. The maximum absolute atomic E-state index is 6.12.